The lowest BCUT2D eigenvalue weighted by molar-refractivity contribution is -0.0102. The Kier molecular flexibility index (Phi) is 7.08. The van der Waals surface area contributed by atoms with Gasteiger partial charge in [0.15, 0.2) is 0 Å². The topological polar surface area (TPSA) is 86.2 Å². The van der Waals surface area contributed by atoms with E-state index in [0.29, 0.717) is 34.7 Å². The molecule has 0 spiro atoms. The monoisotopic (exact) mass is 516 g/mol. The number of pyridine rings is 1. The van der Waals surface area contributed by atoms with Crippen LogP contribution in [0.2, 0.25) is 0 Å². The summed E-state index contributed by atoms with van der Waals surface area (Å²) in [6.07, 6.45) is 2.55. The third-order valence-corrected chi connectivity index (χ3v) is 7.41. The zero-order valence-corrected chi connectivity index (χ0v) is 20.8. The van der Waals surface area contributed by atoms with Gasteiger partial charge >= 0.3 is 0 Å². The SMILES string of the molecule is Cc1c(-c2ccc(F)cc2)cnc(N2CCCC(F)(F)CC2)c1C(=O)Nc1cccc(S(C)(=N)=O)c1. The average molecular weight is 517 g/mol. The maximum absolute atomic E-state index is 14.0. The van der Waals surface area contributed by atoms with Crippen LogP contribution in [0.25, 0.3) is 11.1 Å². The van der Waals surface area contributed by atoms with Gasteiger partial charge in [-0.25, -0.2) is 27.1 Å². The third kappa shape index (κ3) is 5.70. The van der Waals surface area contributed by atoms with Crippen LogP contribution in [0.4, 0.5) is 24.7 Å². The first-order valence-electron chi connectivity index (χ1n) is 11.5. The second-order valence-electron chi connectivity index (χ2n) is 9.02. The number of amides is 1. The molecule has 2 aromatic carbocycles. The van der Waals surface area contributed by atoms with E-state index in [0.717, 1.165) is 0 Å². The van der Waals surface area contributed by atoms with Crippen LogP contribution in [0.15, 0.2) is 59.6 Å². The first-order valence-corrected chi connectivity index (χ1v) is 13.4. The third-order valence-electron chi connectivity index (χ3n) is 6.26. The number of hydrogen-bond acceptors (Lipinski definition) is 5. The van der Waals surface area contributed by atoms with Crippen molar-refractivity contribution in [1.82, 2.24) is 4.98 Å². The Labute approximate surface area is 208 Å². The lowest BCUT2D eigenvalue weighted by Gasteiger charge is -2.26. The second-order valence-corrected chi connectivity index (χ2v) is 11.2. The number of rotatable bonds is 5. The fraction of sp³-hybridized carbons (Fsp3) is 0.308. The number of carbonyl (C=O) groups is 1. The van der Waals surface area contributed by atoms with Crippen molar-refractivity contribution in [2.75, 3.05) is 29.6 Å². The predicted octanol–water partition coefficient (Wildman–Crippen LogP) is 6.11. The molecule has 0 radical (unpaired) electrons. The molecule has 3 aromatic rings. The standard InChI is InChI=1S/C26H27F3N4O2S/c1-17-22(18-7-9-19(27)10-8-18)16-31-24(33-13-4-11-26(28,29)12-14-33)23(17)25(34)32-20-5-3-6-21(15-20)36(2,30)35/h3,5-10,15-16,30H,4,11-14H2,1-2H3,(H,32,34). The van der Waals surface area contributed by atoms with Crippen molar-refractivity contribution in [3.05, 3.63) is 71.7 Å². The largest absolute Gasteiger partial charge is 0.356 e. The molecule has 0 bridgehead atoms. The minimum absolute atomic E-state index is 0.0435. The maximum atomic E-state index is 14.0. The fourth-order valence-electron chi connectivity index (χ4n) is 4.31. The molecule has 4 rings (SSSR count). The molecule has 1 fully saturated rings. The molecule has 0 aliphatic carbocycles. The molecule has 190 valence electrons. The van der Waals surface area contributed by atoms with Gasteiger partial charge in [0.1, 0.15) is 11.6 Å². The molecule has 1 atom stereocenters. The highest BCUT2D eigenvalue weighted by Crippen LogP contribution is 2.34. The van der Waals surface area contributed by atoms with E-state index in [1.807, 2.05) is 0 Å². The summed E-state index contributed by atoms with van der Waals surface area (Å²) in [5.41, 5.74) is 2.40. The van der Waals surface area contributed by atoms with Crippen molar-refractivity contribution >= 4 is 27.1 Å². The molecule has 2 heterocycles. The van der Waals surface area contributed by atoms with Crippen LogP contribution in [-0.4, -0.2) is 40.4 Å². The molecular formula is C26H27F3N4O2S. The number of nitrogens with one attached hydrogen (secondary N) is 2. The van der Waals surface area contributed by atoms with Crippen LogP contribution in [0.1, 0.15) is 35.2 Å². The Hall–Kier alpha value is -3.40. The van der Waals surface area contributed by atoms with Crippen LogP contribution >= 0.6 is 0 Å². The van der Waals surface area contributed by atoms with Gasteiger partial charge in [0, 0.05) is 54.5 Å². The smallest absolute Gasteiger partial charge is 0.259 e. The summed E-state index contributed by atoms with van der Waals surface area (Å²) in [4.78, 5) is 20.1. The zero-order chi connectivity index (χ0) is 26.1. The molecule has 1 amide bonds. The average Bonchev–Trinajstić information content (AvgIpc) is 2.99. The van der Waals surface area contributed by atoms with Crippen LogP contribution in [0.3, 0.4) is 0 Å². The summed E-state index contributed by atoms with van der Waals surface area (Å²) >= 11 is 0. The highest BCUT2D eigenvalue weighted by Gasteiger charge is 2.33. The Balaban J connectivity index is 1.78. The minimum atomic E-state index is -2.99. The minimum Gasteiger partial charge on any atom is -0.356 e. The van der Waals surface area contributed by atoms with Gasteiger partial charge in [-0.1, -0.05) is 18.2 Å². The fourth-order valence-corrected chi connectivity index (χ4v) is 5.00. The van der Waals surface area contributed by atoms with Crippen molar-refractivity contribution < 1.29 is 22.2 Å². The number of carbonyl (C=O) groups excluding carboxylic acids is 1. The molecule has 6 nitrogen and oxygen atoms in total. The molecule has 1 saturated heterocycles. The second kappa shape index (κ2) is 9.93. The molecule has 1 aliphatic rings. The van der Waals surface area contributed by atoms with Crippen molar-refractivity contribution in [2.24, 2.45) is 0 Å². The van der Waals surface area contributed by atoms with Crippen LogP contribution in [-0.2, 0) is 9.73 Å². The first kappa shape index (κ1) is 25.7. The quantitative estimate of drug-likeness (QED) is 0.429. The summed E-state index contributed by atoms with van der Waals surface area (Å²) in [5.74, 6) is -3.39. The van der Waals surface area contributed by atoms with E-state index in [4.69, 9.17) is 4.78 Å². The Morgan fingerprint density at radius 2 is 1.86 bits per heavy atom. The summed E-state index contributed by atoms with van der Waals surface area (Å²) in [7, 11) is -2.99. The van der Waals surface area contributed by atoms with Crippen LogP contribution < -0.4 is 10.2 Å². The lowest BCUT2D eigenvalue weighted by Crippen LogP contribution is -2.30. The molecule has 2 N–H and O–H groups in total. The van der Waals surface area contributed by atoms with E-state index < -0.39 is 27.4 Å². The number of anilines is 2. The summed E-state index contributed by atoms with van der Waals surface area (Å²) in [6, 6.07) is 12.0. The predicted molar refractivity (Wildman–Crippen MR) is 135 cm³/mol. The van der Waals surface area contributed by atoms with E-state index in [1.165, 1.54) is 24.5 Å². The number of aromatic nitrogens is 1. The van der Waals surface area contributed by atoms with Gasteiger partial charge in [0.25, 0.3) is 5.91 Å². The van der Waals surface area contributed by atoms with Gasteiger partial charge in [-0.05, 0) is 54.8 Å². The van der Waals surface area contributed by atoms with Crippen LogP contribution in [0.5, 0.6) is 0 Å². The summed E-state index contributed by atoms with van der Waals surface area (Å²) in [5, 5.41) is 2.79. The molecular weight excluding hydrogens is 489 g/mol. The van der Waals surface area contributed by atoms with Gasteiger partial charge < -0.3 is 10.2 Å². The van der Waals surface area contributed by atoms with Gasteiger partial charge in [-0.3, -0.25) is 4.79 Å². The van der Waals surface area contributed by atoms with Crippen molar-refractivity contribution in [1.29, 1.82) is 4.78 Å². The Bertz CT molecular complexity index is 1390. The number of halogens is 3. The Morgan fingerprint density at radius 1 is 1.14 bits per heavy atom. The van der Waals surface area contributed by atoms with E-state index in [2.05, 4.69) is 10.3 Å². The number of hydrogen-bond donors (Lipinski definition) is 2. The number of benzene rings is 2. The van der Waals surface area contributed by atoms with Crippen molar-refractivity contribution in [3.63, 3.8) is 0 Å². The van der Waals surface area contributed by atoms with E-state index in [9.17, 15) is 22.2 Å². The number of nitrogens with zero attached hydrogens (tertiary/aromatic N) is 2. The maximum Gasteiger partial charge on any atom is 0.259 e. The summed E-state index contributed by atoms with van der Waals surface area (Å²) < 4.78 is 61.6. The highest BCUT2D eigenvalue weighted by molar-refractivity contribution is 7.91. The zero-order valence-electron chi connectivity index (χ0n) is 20.0. The van der Waals surface area contributed by atoms with Gasteiger partial charge in [-0.2, -0.15) is 0 Å². The Morgan fingerprint density at radius 3 is 2.56 bits per heavy atom. The molecule has 36 heavy (non-hydrogen) atoms. The van der Waals surface area contributed by atoms with Gasteiger partial charge in [-0.15, -0.1) is 0 Å². The molecule has 1 unspecified atom stereocenters. The van der Waals surface area contributed by atoms with Crippen LogP contribution in [0, 0.1) is 17.5 Å². The molecule has 1 aliphatic heterocycles. The highest BCUT2D eigenvalue weighted by atomic mass is 32.2. The molecule has 1 aromatic heterocycles. The van der Waals surface area contributed by atoms with Crippen molar-refractivity contribution in [3.8, 4) is 11.1 Å². The molecule has 10 heteroatoms. The molecule has 0 saturated carbocycles. The van der Waals surface area contributed by atoms with Gasteiger partial charge in [0.2, 0.25) is 5.92 Å². The lowest BCUT2D eigenvalue weighted by atomic mass is 9.97. The van der Waals surface area contributed by atoms with E-state index in [-0.39, 0.29) is 36.3 Å². The van der Waals surface area contributed by atoms with Gasteiger partial charge in [0.05, 0.1) is 15.3 Å². The van der Waals surface area contributed by atoms with E-state index in [1.54, 1.807) is 48.4 Å². The normalized spacial score (nSPS) is 17.2. The van der Waals surface area contributed by atoms with Crippen molar-refractivity contribution in [2.45, 2.75) is 37.0 Å². The first-order chi connectivity index (χ1) is 16.9. The number of alkyl halides is 2. The summed E-state index contributed by atoms with van der Waals surface area (Å²) in [6.45, 7) is 2.11. The van der Waals surface area contributed by atoms with E-state index >= 15 is 0 Å².